The highest BCUT2D eigenvalue weighted by atomic mass is 32.2. The van der Waals surface area contributed by atoms with Gasteiger partial charge in [0.25, 0.3) is 5.91 Å². The van der Waals surface area contributed by atoms with Crippen molar-refractivity contribution < 1.29 is 27.9 Å². The Bertz CT molecular complexity index is 745. The van der Waals surface area contributed by atoms with Gasteiger partial charge in [0.15, 0.2) is 0 Å². The fourth-order valence-corrected chi connectivity index (χ4v) is 2.42. The lowest BCUT2D eigenvalue weighted by atomic mass is 10.1. The molecule has 0 unspecified atom stereocenters. The second-order valence-corrected chi connectivity index (χ2v) is 6.82. The molecular formula is C14H19N3O6S. The smallest absolute Gasteiger partial charge is 0.303 e. The first-order valence-corrected chi connectivity index (χ1v) is 8.87. The van der Waals surface area contributed by atoms with Crippen LogP contribution in [0, 0.1) is 0 Å². The maximum atomic E-state index is 12.2. The lowest BCUT2D eigenvalue weighted by Crippen LogP contribution is -2.26. The zero-order valence-electron chi connectivity index (χ0n) is 13.3. The van der Waals surface area contributed by atoms with E-state index in [0.717, 1.165) is 6.26 Å². The van der Waals surface area contributed by atoms with E-state index in [4.69, 9.17) is 5.11 Å². The number of sulfonamides is 1. The molecule has 0 radical (unpaired) electrons. The summed E-state index contributed by atoms with van der Waals surface area (Å²) in [5.41, 5.74) is 0.404. The second kappa shape index (κ2) is 8.29. The summed E-state index contributed by atoms with van der Waals surface area (Å²) in [6.45, 7) is 1.42. The third-order valence-electron chi connectivity index (χ3n) is 2.73. The normalized spacial score (nSPS) is 10.8. The molecule has 0 aliphatic heterocycles. The molecule has 1 aromatic carbocycles. The molecular weight excluding hydrogens is 338 g/mol. The number of carbonyl (C=O) groups excluding carboxylic acids is 2. The van der Waals surface area contributed by atoms with Crippen LogP contribution in [-0.4, -0.2) is 44.1 Å². The third kappa shape index (κ3) is 7.09. The largest absolute Gasteiger partial charge is 0.481 e. The number of nitrogens with one attached hydrogen (secondary N) is 3. The number of benzene rings is 1. The van der Waals surface area contributed by atoms with Gasteiger partial charge in [0.1, 0.15) is 0 Å². The van der Waals surface area contributed by atoms with Gasteiger partial charge in [0, 0.05) is 25.6 Å². The molecule has 132 valence electrons. The number of rotatable bonds is 8. The van der Waals surface area contributed by atoms with Crippen LogP contribution in [0.4, 0.5) is 11.4 Å². The van der Waals surface area contributed by atoms with E-state index in [-0.39, 0.29) is 36.5 Å². The van der Waals surface area contributed by atoms with Crippen molar-refractivity contribution in [1.82, 2.24) is 5.32 Å². The van der Waals surface area contributed by atoms with Crippen molar-refractivity contribution >= 4 is 39.2 Å². The van der Waals surface area contributed by atoms with Crippen LogP contribution in [0.3, 0.4) is 0 Å². The fourth-order valence-electron chi connectivity index (χ4n) is 1.84. The van der Waals surface area contributed by atoms with Crippen LogP contribution in [0.2, 0.25) is 0 Å². The first kappa shape index (κ1) is 19.4. The molecule has 10 heteroatoms. The molecule has 1 rings (SSSR count). The molecule has 0 aliphatic carbocycles. The Kier molecular flexibility index (Phi) is 6.71. The average Bonchev–Trinajstić information content (AvgIpc) is 2.42. The van der Waals surface area contributed by atoms with Gasteiger partial charge in [-0.25, -0.2) is 8.42 Å². The maximum absolute atomic E-state index is 12.2. The zero-order valence-corrected chi connectivity index (χ0v) is 14.1. The van der Waals surface area contributed by atoms with Gasteiger partial charge in [0.2, 0.25) is 15.9 Å². The summed E-state index contributed by atoms with van der Waals surface area (Å²) in [5, 5.41) is 13.6. The number of aliphatic carboxylic acids is 1. The molecule has 0 aromatic heterocycles. The van der Waals surface area contributed by atoms with Gasteiger partial charge in [0.05, 0.1) is 17.5 Å². The van der Waals surface area contributed by atoms with Crippen LogP contribution in [0.25, 0.3) is 0 Å². The highest BCUT2D eigenvalue weighted by Crippen LogP contribution is 2.21. The van der Waals surface area contributed by atoms with Crippen LogP contribution >= 0.6 is 0 Å². The van der Waals surface area contributed by atoms with E-state index < -0.39 is 21.9 Å². The van der Waals surface area contributed by atoms with Crippen LogP contribution in [0.15, 0.2) is 18.2 Å². The van der Waals surface area contributed by atoms with Crippen molar-refractivity contribution in [2.75, 3.05) is 22.8 Å². The Morgan fingerprint density at radius 1 is 1.21 bits per heavy atom. The highest BCUT2D eigenvalue weighted by molar-refractivity contribution is 7.92. The topological polar surface area (TPSA) is 142 Å². The van der Waals surface area contributed by atoms with Gasteiger partial charge in [-0.2, -0.15) is 0 Å². The SMILES string of the molecule is CC(=O)Nc1ccc(NS(C)(=O)=O)c(C(=O)NCCCC(=O)O)c1. The van der Waals surface area contributed by atoms with Crippen LogP contribution in [0.1, 0.15) is 30.1 Å². The van der Waals surface area contributed by atoms with Gasteiger partial charge in [-0.3, -0.25) is 19.1 Å². The Morgan fingerprint density at radius 2 is 1.88 bits per heavy atom. The van der Waals surface area contributed by atoms with E-state index in [2.05, 4.69) is 15.4 Å². The standard InChI is InChI=1S/C14H19N3O6S/c1-9(18)16-10-5-6-12(17-24(2,22)23)11(8-10)14(21)15-7-3-4-13(19)20/h5-6,8,17H,3-4,7H2,1-2H3,(H,15,21)(H,16,18)(H,19,20). The van der Waals surface area contributed by atoms with Gasteiger partial charge in [-0.15, -0.1) is 0 Å². The van der Waals surface area contributed by atoms with E-state index in [1.54, 1.807) is 0 Å². The van der Waals surface area contributed by atoms with Crippen LogP contribution in [-0.2, 0) is 19.6 Å². The molecule has 0 bridgehead atoms. The van der Waals surface area contributed by atoms with E-state index in [0.29, 0.717) is 5.69 Å². The molecule has 0 spiro atoms. The summed E-state index contributed by atoms with van der Waals surface area (Å²) in [7, 11) is -3.60. The van der Waals surface area contributed by atoms with Crippen molar-refractivity contribution in [3.63, 3.8) is 0 Å². The van der Waals surface area contributed by atoms with Crippen LogP contribution in [0.5, 0.6) is 0 Å². The molecule has 0 aliphatic rings. The Morgan fingerprint density at radius 3 is 2.42 bits per heavy atom. The molecule has 24 heavy (non-hydrogen) atoms. The molecule has 0 saturated carbocycles. The van der Waals surface area contributed by atoms with Gasteiger partial charge >= 0.3 is 5.97 Å². The summed E-state index contributed by atoms with van der Waals surface area (Å²) < 4.78 is 25.0. The van der Waals surface area contributed by atoms with Crippen molar-refractivity contribution in [1.29, 1.82) is 0 Å². The summed E-state index contributed by atoms with van der Waals surface area (Å²) in [6, 6.07) is 4.15. The number of carboxylic acids is 1. The minimum atomic E-state index is -3.60. The van der Waals surface area contributed by atoms with E-state index in [9.17, 15) is 22.8 Å². The number of anilines is 2. The monoisotopic (exact) mass is 357 g/mol. The number of hydrogen-bond donors (Lipinski definition) is 4. The lowest BCUT2D eigenvalue weighted by molar-refractivity contribution is -0.137. The van der Waals surface area contributed by atoms with E-state index in [1.165, 1.54) is 25.1 Å². The number of carbonyl (C=O) groups is 3. The Labute approximate surface area is 139 Å². The molecule has 1 aromatic rings. The van der Waals surface area contributed by atoms with E-state index >= 15 is 0 Å². The Hall–Kier alpha value is -2.62. The molecule has 0 fully saturated rings. The number of hydrogen-bond acceptors (Lipinski definition) is 5. The molecule has 2 amide bonds. The minimum absolute atomic E-state index is 0.0157. The maximum Gasteiger partial charge on any atom is 0.303 e. The molecule has 4 N–H and O–H groups in total. The fraction of sp³-hybridized carbons (Fsp3) is 0.357. The zero-order chi connectivity index (χ0) is 18.3. The van der Waals surface area contributed by atoms with Crippen molar-refractivity contribution in [2.45, 2.75) is 19.8 Å². The summed E-state index contributed by atoms with van der Waals surface area (Å²) in [4.78, 5) is 33.8. The quantitative estimate of drug-likeness (QED) is 0.502. The van der Waals surface area contributed by atoms with Crippen molar-refractivity contribution in [3.05, 3.63) is 23.8 Å². The molecule has 0 saturated heterocycles. The minimum Gasteiger partial charge on any atom is -0.481 e. The summed E-state index contributed by atoms with van der Waals surface area (Å²) in [5.74, 6) is -1.90. The first-order chi connectivity index (χ1) is 11.1. The van der Waals surface area contributed by atoms with Crippen molar-refractivity contribution in [2.24, 2.45) is 0 Å². The third-order valence-corrected chi connectivity index (χ3v) is 3.32. The highest BCUT2D eigenvalue weighted by Gasteiger charge is 2.15. The predicted molar refractivity (Wildman–Crippen MR) is 88.4 cm³/mol. The van der Waals surface area contributed by atoms with Crippen LogP contribution < -0.4 is 15.4 Å². The van der Waals surface area contributed by atoms with Gasteiger partial charge < -0.3 is 15.7 Å². The second-order valence-electron chi connectivity index (χ2n) is 5.07. The number of carboxylic acid groups (broad SMARTS) is 1. The Balaban J connectivity index is 2.98. The number of amides is 2. The van der Waals surface area contributed by atoms with Gasteiger partial charge in [-0.1, -0.05) is 0 Å². The molecule has 0 heterocycles. The average molecular weight is 357 g/mol. The first-order valence-electron chi connectivity index (χ1n) is 6.98. The van der Waals surface area contributed by atoms with Gasteiger partial charge in [-0.05, 0) is 24.6 Å². The summed E-state index contributed by atoms with van der Waals surface area (Å²) in [6.07, 6.45) is 1.09. The van der Waals surface area contributed by atoms with Crippen molar-refractivity contribution in [3.8, 4) is 0 Å². The lowest BCUT2D eigenvalue weighted by Gasteiger charge is -2.13. The summed E-state index contributed by atoms with van der Waals surface area (Å²) >= 11 is 0. The van der Waals surface area contributed by atoms with E-state index in [1.807, 2.05) is 0 Å². The molecule has 0 atom stereocenters. The molecule has 9 nitrogen and oxygen atoms in total. The predicted octanol–water partition coefficient (Wildman–Crippen LogP) is 0.611.